The molecule has 0 unspecified atom stereocenters. The molecule has 3 aromatic rings. The molecule has 0 radical (unpaired) electrons. The summed E-state index contributed by atoms with van der Waals surface area (Å²) >= 11 is 1.70. The van der Waals surface area contributed by atoms with Gasteiger partial charge in [0, 0.05) is 42.1 Å². The Morgan fingerprint density at radius 2 is 1.94 bits per heavy atom. The Morgan fingerprint density at radius 3 is 2.59 bits per heavy atom. The number of benzene rings is 2. The highest BCUT2D eigenvalue weighted by Gasteiger charge is 2.29. The fourth-order valence-electron chi connectivity index (χ4n) is 4.21. The SMILES string of the molecule is COc1ccc(-c2nc3cc(SC)ccc3cc2CN(CCN(C)C)C(=O)[C@H]2CCCO2)cc1. The van der Waals surface area contributed by atoms with E-state index in [1.807, 2.05) is 43.3 Å². The number of nitrogens with zero attached hydrogens (tertiary/aromatic N) is 3. The molecular formula is C27H33N3O3S. The number of rotatable bonds is 9. The summed E-state index contributed by atoms with van der Waals surface area (Å²) in [5, 5.41) is 1.07. The van der Waals surface area contributed by atoms with Crippen LogP contribution in [0.4, 0.5) is 0 Å². The van der Waals surface area contributed by atoms with Gasteiger partial charge in [-0.05, 0) is 81.2 Å². The van der Waals surface area contributed by atoms with Gasteiger partial charge in [0.1, 0.15) is 11.9 Å². The molecule has 0 aliphatic carbocycles. The lowest BCUT2D eigenvalue weighted by molar-refractivity contribution is -0.141. The summed E-state index contributed by atoms with van der Waals surface area (Å²) in [7, 11) is 5.72. The first kappa shape index (κ1) is 24.5. The Labute approximate surface area is 206 Å². The van der Waals surface area contributed by atoms with Crippen molar-refractivity contribution in [3.63, 3.8) is 0 Å². The van der Waals surface area contributed by atoms with Crippen LogP contribution in [0, 0.1) is 0 Å². The second kappa shape index (κ2) is 11.2. The molecule has 2 heterocycles. The number of carbonyl (C=O) groups excluding carboxylic acids is 1. The standard InChI is InChI=1S/C27H33N3O3S/c1-29(2)13-14-30(27(31)25-6-5-15-33-25)18-21-16-20-9-12-23(34-4)17-24(20)28-26(21)19-7-10-22(32-3)11-8-19/h7-12,16-17,25H,5-6,13-15,18H2,1-4H3/t25-/m1/s1. The number of carbonyl (C=O) groups is 1. The van der Waals surface area contributed by atoms with Gasteiger partial charge < -0.3 is 19.3 Å². The van der Waals surface area contributed by atoms with Crippen molar-refractivity contribution < 1.29 is 14.3 Å². The molecule has 1 saturated heterocycles. The third-order valence-corrected chi connectivity index (χ3v) is 6.89. The molecule has 0 spiro atoms. The number of amides is 1. The molecule has 4 rings (SSSR count). The van der Waals surface area contributed by atoms with E-state index in [0.29, 0.717) is 19.7 Å². The molecule has 180 valence electrons. The summed E-state index contributed by atoms with van der Waals surface area (Å²) in [6, 6.07) is 16.5. The summed E-state index contributed by atoms with van der Waals surface area (Å²) in [4.78, 5) is 23.7. The van der Waals surface area contributed by atoms with E-state index in [2.05, 4.69) is 35.4 Å². The van der Waals surface area contributed by atoms with Crippen LogP contribution in [0.5, 0.6) is 5.75 Å². The van der Waals surface area contributed by atoms with Crippen molar-refractivity contribution in [1.29, 1.82) is 0 Å². The molecule has 1 aromatic heterocycles. The van der Waals surface area contributed by atoms with Gasteiger partial charge in [-0.3, -0.25) is 4.79 Å². The number of methoxy groups -OCH3 is 1. The van der Waals surface area contributed by atoms with Crippen LogP contribution in [0.2, 0.25) is 0 Å². The van der Waals surface area contributed by atoms with E-state index in [4.69, 9.17) is 14.5 Å². The van der Waals surface area contributed by atoms with Gasteiger partial charge in [-0.2, -0.15) is 0 Å². The summed E-state index contributed by atoms with van der Waals surface area (Å²) < 4.78 is 11.1. The summed E-state index contributed by atoms with van der Waals surface area (Å²) in [6.07, 6.45) is 3.45. The lowest BCUT2D eigenvalue weighted by atomic mass is 10.0. The van der Waals surface area contributed by atoms with Gasteiger partial charge >= 0.3 is 0 Å². The second-order valence-corrected chi connectivity index (χ2v) is 9.73. The van der Waals surface area contributed by atoms with Gasteiger partial charge in [-0.1, -0.05) is 6.07 Å². The van der Waals surface area contributed by atoms with Crippen LogP contribution in [0.15, 0.2) is 53.4 Å². The van der Waals surface area contributed by atoms with Crippen LogP contribution in [-0.4, -0.2) is 74.0 Å². The molecule has 0 saturated carbocycles. The van der Waals surface area contributed by atoms with Crippen molar-refractivity contribution in [2.45, 2.75) is 30.4 Å². The molecule has 1 amide bonds. The summed E-state index contributed by atoms with van der Waals surface area (Å²) in [5.74, 6) is 0.870. The molecule has 1 aliphatic heterocycles. The van der Waals surface area contributed by atoms with Crippen LogP contribution in [0.1, 0.15) is 18.4 Å². The van der Waals surface area contributed by atoms with Crippen LogP contribution in [-0.2, 0) is 16.1 Å². The third-order valence-electron chi connectivity index (χ3n) is 6.16. The number of fused-ring (bicyclic) bond motifs is 1. The maximum Gasteiger partial charge on any atom is 0.252 e. The van der Waals surface area contributed by atoms with Crippen LogP contribution >= 0.6 is 11.8 Å². The molecular weight excluding hydrogens is 446 g/mol. The maximum atomic E-state index is 13.4. The lowest BCUT2D eigenvalue weighted by Gasteiger charge is -2.27. The molecule has 1 fully saturated rings. The van der Waals surface area contributed by atoms with Gasteiger partial charge in [0.2, 0.25) is 0 Å². The third kappa shape index (κ3) is 5.71. The zero-order chi connectivity index (χ0) is 24.1. The number of thioether (sulfide) groups is 1. The quantitative estimate of drug-likeness (QED) is 0.415. The lowest BCUT2D eigenvalue weighted by Crippen LogP contribution is -2.42. The van der Waals surface area contributed by atoms with Gasteiger partial charge in [0.15, 0.2) is 0 Å². The van der Waals surface area contributed by atoms with Crippen molar-refractivity contribution in [3.05, 3.63) is 54.1 Å². The van der Waals surface area contributed by atoms with Crippen molar-refractivity contribution in [2.75, 3.05) is 47.2 Å². The topological polar surface area (TPSA) is 54.9 Å². The van der Waals surface area contributed by atoms with E-state index >= 15 is 0 Å². The van der Waals surface area contributed by atoms with E-state index < -0.39 is 0 Å². The Bertz CT molecular complexity index is 1130. The molecule has 0 N–H and O–H groups in total. The van der Waals surface area contributed by atoms with E-state index in [0.717, 1.165) is 52.9 Å². The highest BCUT2D eigenvalue weighted by Crippen LogP contribution is 2.30. The predicted molar refractivity (Wildman–Crippen MR) is 138 cm³/mol. The van der Waals surface area contributed by atoms with Crippen molar-refractivity contribution in [2.24, 2.45) is 0 Å². The smallest absolute Gasteiger partial charge is 0.252 e. The van der Waals surface area contributed by atoms with E-state index in [1.54, 1.807) is 18.9 Å². The van der Waals surface area contributed by atoms with Gasteiger partial charge in [0.25, 0.3) is 5.91 Å². The maximum absolute atomic E-state index is 13.4. The highest BCUT2D eigenvalue weighted by molar-refractivity contribution is 7.98. The zero-order valence-electron chi connectivity index (χ0n) is 20.4. The minimum atomic E-state index is -0.343. The number of likely N-dealkylation sites (N-methyl/N-ethyl adjacent to an activating group) is 1. The molecule has 1 atom stereocenters. The first-order valence-electron chi connectivity index (χ1n) is 11.7. The Kier molecular flexibility index (Phi) is 8.08. The van der Waals surface area contributed by atoms with Crippen molar-refractivity contribution >= 4 is 28.6 Å². The fraction of sp³-hybridized carbons (Fsp3) is 0.407. The average molecular weight is 480 g/mol. The normalized spacial score (nSPS) is 15.7. The summed E-state index contributed by atoms with van der Waals surface area (Å²) in [5.41, 5.74) is 3.87. The van der Waals surface area contributed by atoms with Crippen LogP contribution in [0.3, 0.4) is 0 Å². The average Bonchev–Trinajstić information content (AvgIpc) is 3.40. The van der Waals surface area contributed by atoms with Crippen molar-refractivity contribution in [3.8, 4) is 17.0 Å². The number of ether oxygens (including phenoxy) is 2. The van der Waals surface area contributed by atoms with Gasteiger partial charge in [0.05, 0.1) is 18.3 Å². The van der Waals surface area contributed by atoms with E-state index in [-0.39, 0.29) is 12.0 Å². The summed E-state index contributed by atoms with van der Waals surface area (Å²) in [6.45, 7) is 2.57. The predicted octanol–water partition coefficient (Wildman–Crippen LogP) is 4.70. The second-order valence-electron chi connectivity index (χ2n) is 8.85. The number of hydrogen-bond donors (Lipinski definition) is 0. The zero-order valence-corrected chi connectivity index (χ0v) is 21.2. The number of aromatic nitrogens is 1. The Hall–Kier alpha value is -2.61. The monoisotopic (exact) mass is 479 g/mol. The largest absolute Gasteiger partial charge is 0.497 e. The fourth-order valence-corrected chi connectivity index (χ4v) is 4.64. The van der Waals surface area contributed by atoms with E-state index in [1.165, 1.54) is 4.90 Å². The van der Waals surface area contributed by atoms with Crippen LogP contribution in [0.25, 0.3) is 22.2 Å². The molecule has 0 bridgehead atoms. The van der Waals surface area contributed by atoms with Gasteiger partial charge in [-0.25, -0.2) is 4.98 Å². The minimum Gasteiger partial charge on any atom is -0.497 e. The molecule has 34 heavy (non-hydrogen) atoms. The molecule has 7 heteroatoms. The Morgan fingerprint density at radius 1 is 1.15 bits per heavy atom. The highest BCUT2D eigenvalue weighted by atomic mass is 32.2. The molecule has 1 aliphatic rings. The van der Waals surface area contributed by atoms with Crippen LogP contribution < -0.4 is 4.74 Å². The number of pyridine rings is 1. The van der Waals surface area contributed by atoms with Gasteiger partial charge in [-0.15, -0.1) is 11.8 Å². The first-order valence-corrected chi connectivity index (χ1v) is 12.9. The van der Waals surface area contributed by atoms with Crippen molar-refractivity contribution in [1.82, 2.24) is 14.8 Å². The molecule has 2 aromatic carbocycles. The number of hydrogen-bond acceptors (Lipinski definition) is 6. The molecule has 6 nitrogen and oxygen atoms in total. The Balaban J connectivity index is 1.75. The minimum absolute atomic E-state index is 0.0675. The first-order chi connectivity index (χ1) is 16.5. The van der Waals surface area contributed by atoms with E-state index in [9.17, 15) is 4.79 Å².